The molecule has 12 heavy (non-hydrogen) atoms. The fourth-order valence-electron chi connectivity index (χ4n) is 0.697. The highest BCUT2D eigenvalue weighted by Crippen LogP contribution is 2.19. The SMILES string of the molecule is O=C(Cl)Nc1ccc(Br)cc1F. The molecule has 1 rings (SSSR count). The summed E-state index contributed by atoms with van der Waals surface area (Å²) >= 11 is 8.07. The molecule has 0 aliphatic carbocycles. The molecule has 0 unspecified atom stereocenters. The highest BCUT2D eigenvalue weighted by atomic mass is 79.9. The molecule has 0 radical (unpaired) electrons. The molecular weight excluding hydrogens is 248 g/mol. The Morgan fingerprint density at radius 1 is 1.58 bits per heavy atom. The summed E-state index contributed by atoms with van der Waals surface area (Å²) in [5.41, 5.74) is 0.0678. The number of benzene rings is 1. The van der Waals surface area contributed by atoms with E-state index >= 15 is 0 Å². The third kappa shape index (κ3) is 2.46. The van der Waals surface area contributed by atoms with Crippen molar-refractivity contribution >= 4 is 38.6 Å². The van der Waals surface area contributed by atoms with Crippen LogP contribution in [0.4, 0.5) is 14.9 Å². The quantitative estimate of drug-likeness (QED) is 0.603. The van der Waals surface area contributed by atoms with Crippen molar-refractivity contribution < 1.29 is 9.18 Å². The van der Waals surface area contributed by atoms with E-state index in [4.69, 9.17) is 11.6 Å². The molecular formula is C7H4BrClFNO. The van der Waals surface area contributed by atoms with Gasteiger partial charge in [0.1, 0.15) is 5.82 Å². The van der Waals surface area contributed by atoms with E-state index < -0.39 is 11.2 Å². The summed E-state index contributed by atoms with van der Waals surface area (Å²) in [7, 11) is 0. The van der Waals surface area contributed by atoms with E-state index in [0.717, 1.165) is 0 Å². The molecule has 0 saturated heterocycles. The number of carbonyl (C=O) groups is 1. The van der Waals surface area contributed by atoms with Crippen molar-refractivity contribution in [2.24, 2.45) is 0 Å². The Morgan fingerprint density at radius 2 is 2.25 bits per heavy atom. The number of hydrogen-bond donors (Lipinski definition) is 1. The molecule has 1 aromatic carbocycles. The van der Waals surface area contributed by atoms with Gasteiger partial charge in [0.15, 0.2) is 0 Å². The van der Waals surface area contributed by atoms with Gasteiger partial charge in [-0.15, -0.1) is 0 Å². The number of amides is 1. The lowest BCUT2D eigenvalue weighted by Crippen LogP contribution is -2.02. The van der Waals surface area contributed by atoms with Crippen LogP contribution in [0.5, 0.6) is 0 Å². The highest BCUT2D eigenvalue weighted by Gasteiger charge is 2.03. The number of anilines is 1. The van der Waals surface area contributed by atoms with Crippen LogP contribution < -0.4 is 5.32 Å². The van der Waals surface area contributed by atoms with Crippen LogP contribution in [0.15, 0.2) is 22.7 Å². The second kappa shape index (κ2) is 3.87. The van der Waals surface area contributed by atoms with Gasteiger partial charge in [-0.05, 0) is 29.8 Å². The van der Waals surface area contributed by atoms with E-state index in [2.05, 4.69) is 21.2 Å². The number of hydrogen-bond acceptors (Lipinski definition) is 1. The summed E-state index contributed by atoms with van der Waals surface area (Å²) in [5, 5.41) is 1.32. The van der Waals surface area contributed by atoms with Crippen LogP contribution in [0.2, 0.25) is 0 Å². The monoisotopic (exact) mass is 251 g/mol. The molecule has 0 aliphatic heterocycles. The maximum Gasteiger partial charge on any atom is 0.318 e. The summed E-state index contributed by atoms with van der Waals surface area (Å²) in [5.74, 6) is -0.529. The smallest absolute Gasteiger partial charge is 0.310 e. The third-order valence-electron chi connectivity index (χ3n) is 1.16. The first-order chi connectivity index (χ1) is 5.59. The van der Waals surface area contributed by atoms with E-state index in [1.807, 2.05) is 0 Å². The molecule has 0 atom stereocenters. The van der Waals surface area contributed by atoms with Crippen molar-refractivity contribution in [3.05, 3.63) is 28.5 Å². The van der Waals surface area contributed by atoms with Crippen molar-refractivity contribution in [2.75, 3.05) is 5.32 Å². The molecule has 0 heterocycles. The highest BCUT2D eigenvalue weighted by molar-refractivity contribution is 9.10. The van der Waals surface area contributed by atoms with Gasteiger partial charge < -0.3 is 5.32 Å². The molecule has 0 bridgehead atoms. The second-order valence-electron chi connectivity index (χ2n) is 2.02. The Morgan fingerprint density at radius 3 is 2.75 bits per heavy atom. The summed E-state index contributed by atoms with van der Waals surface area (Å²) in [4.78, 5) is 10.3. The predicted octanol–water partition coefficient (Wildman–Crippen LogP) is 3.36. The zero-order valence-corrected chi connectivity index (χ0v) is 8.12. The summed E-state index contributed by atoms with van der Waals surface area (Å²) in [6, 6.07) is 4.26. The van der Waals surface area contributed by atoms with E-state index in [1.54, 1.807) is 6.07 Å². The van der Waals surface area contributed by atoms with Crippen LogP contribution in [0.1, 0.15) is 0 Å². The minimum atomic E-state index is -0.809. The first-order valence-electron chi connectivity index (χ1n) is 3.01. The minimum absolute atomic E-state index is 0.0678. The Kier molecular flexibility index (Phi) is 3.05. The fraction of sp³-hybridized carbons (Fsp3) is 0. The normalized spacial score (nSPS) is 9.58. The topological polar surface area (TPSA) is 29.1 Å². The van der Waals surface area contributed by atoms with Crippen LogP contribution in [0.25, 0.3) is 0 Å². The number of halogens is 3. The van der Waals surface area contributed by atoms with E-state index in [9.17, 15) is 9.18 Å². The van der Waals surface area contributed by atoms with Crippen molar-refractivity contribution in [3.63, 3.8) is 0 Å². The molecule has 1 aromatic rings. The molecule has 0 aromatic heterocycles. The Bertz CT molecular complexity index is 318. The van der Waals surface area contributed by atoms with Crippen molar-refractivity contribution in [1.29, 1.82) is 0 Å². The molecule has 2 nitrogen and oxygen atoms in total. The van der Waals surface area contributed by atoms with Gasteiger partial charge >= 0.3 is 5.37 Å². The van der Waals surface area contributed by atoms with Crippen LogP contribution in [0, 0.1) is 5.82 Å². The molecule has 1 N–H and O–H groups in total. The zero-order valence-electron chi connectivity index (χ0n) is 5.77. The van der Waals surface area contributed by atoms with Gasteiger partial charge in [-0.2, -0.15) is 0 Å². The Hall–Kier alpha value is -0.610. The summed E-state index contributed by atoms with van der Waals surface area (Å²) < 4.78 is 13.5. The van der Waals surface area contributed by atoms with Crippen molar-refractivity contribution in [2.45, 2.75) is 0 Å². The first-order valence-corrected chi connectivity index (χ1v) is 4.18. The van der Waals surface area contributed by atoms with Crippen LogP contribution in [-0.2, 0) is 0 Å². The number of carbonyl (C=O) groups excluding carboxylic acids is 1. The van der Waals surface area contributed by atoms with Crippen LogP contribution in [0.3, 0.4) is 0 Å². The van der Waals surface area contributed by atoms with Gasteiger partial charge in [0.2, 0.25) is 0 Å². The number of rotatable bonds is 1. The number of nitrogens with one attached hydrogen (secondary N) is 1. The van der Waals surface area contributed by atoms with Gasteiger partial charge in [0, 0.05) is 4.47 Å². The van der Waals surface area contributed by atoms with Gasteiger partial charge in [0.25, 0.3) is 0 Å². The van der Waals surface area contributed by atoms with Crippen molar-refractivity contribution in [1.82, 2.24) is 0 Å². The molecule has 0 aliphatic rings. The van der Waals surface area contributed by atoms with Crippen LogP contribution >= 0.6 is 27.5 Å². The standard InChI is InChI=1S/C7H4BrClFNO/c8-4-1-2-6(5(10)3-4)11-7(9)12/h1-3H,(H,11,12). The zero-order chi connectivity index (χ0) is 9.14. The van der Waals surface area contributed by atoms with Crippen molar-refractivity contribution in [3.8, 4) is 0 Å². The van der Waals surface area contributed by atoms with E-state index in [0.29, 0.717) is 4.47 Å². The lowest BCUT2D eigenvalue weighted by Gasteiger charge is -2.01. The van der Waals surface area contributed by atoms with Gasteiger partial charge in [0.05, 0.1) is 5.69 Å². The Labute approximate surface area is 81.8 Å². The molecule has 0 spiro atoms. The van der Waals surface area contributed by atoms with Gasteiger partial charge in [-0.25, -0.2) is 4.39 Å². The molecule has 0 saturated carbocycles. The summed E-state index contributed by atoms with van der Waals surface area (Å²) in [6.07, 6.45) is 0. The lowest BCUT2D eigenvalue weighted by molar-refractivity contribution is 0.269. The molecule has 1 amide bonds. The largest absolute Gasteiger partial charge is 0.318 e. The van der Waals surface area contributed by atoms with Crippen LogP contribution in [-0.4, -0.2) is 5.37 Å². The predicted molar refractivity (Wildman–Crippen MR) is 49.0 cm³/mol. The van der Waals surface area contributed by atoms with Gasteiger partial charge in [-0.1, -0.05) is 15.9 Å². The first kappa shape index (κ1) is 9.48. The average Bonchev–Trinajstić information content (AvgIpc) is 1.94. The maximum absolute atomic E-state index is 12.9. The lowest BCUT2D eigenvalue weighted by atomic mass is 10.3. The average molecular weight is 252 g/mol. The van der Waals surface area contributed by atoms with E-state index in [1.165, 1.54) is 12.1 Å². The molecule has 5 heteroatoms. The molecule has 64 valence electrons. The fourth-order valence-corrected chi connectivity index (χ4v) is 1.13. The Balaban J connectivity index is 2.93. The molecule has 0 fully saturated rings. The maximum atomic E-state index is 12.9. The van der Waals surface area contributed by atoms with E-state index in [-0.39, 0.29) is 5.69 Å². The van der Waals surface area contributed by atoms with Gasteiger partial charge in [-0.3, -0.25) is 4.79 Å². The third-order valence-corrected chi connectivity index (χ3v) is 1.75. The second-order valence-corrected chi connectivity index (χ2v) is 3.28. The minimum Gasteiger partial charge on any atom is -0.310 e. The summed E-state index contributed by atoms with van der Waals surface area (Å²) in [6.45, 7) is 0.